The third-order valence-electron chi connectivity index (χ3n) is 2.89. The lowest BCUT2D eigenvalue weighted by Crippen LogP contribution is -2.23. The third-order valence-corrected chi connectivity index (χ3v) is 4.42. The van der Waals surface area contributed by atoms with Gasteiger partial charge in [-0.15, -0.1) is 0 Å². The summed E-state index contributed by atoms with van der Waals surface area (Å²) in [5.74, 6) is -0.102. The molecule has 1 aromatic carbocycles. The molecular weight excluding hydrogens is 306 g/mol. The summed E-state index contributed by atoms with van der Waals surface area (Å²) in [7, 11) is 0. The molecule has 1 heterocycles. The second-order valence-corrected chi connectivity index (χ2v) is 6.35. The van der Waals surface area contributed by atoms with E-state index in [0.717, 1.165) is 11.3 Å². The van der Waals surface area contributed by atoms with Crippen molar-refractivity contribution in [3.05, 3.63) is 47.1 Å². The van der Waals surface area contributed by atoms with Crippen molar-refractivity contribution >= 4 is 40.6 Å². The van der Waals surface area contributed by atoms with E-state index in [4.69, 9.17) is 17.3 Å². The SMILES string of the molecule is Cc1cc(N)ccc1NC(=O)C(C)Sc1ncccc1Cl. The van der Waals surface area contributed by atoms with E-state index in [1.54, 1.807) is 30.5 Å². The lowest BCUT2D eigenvalue weighted by atomic mass is 10.2. The molecule has 6 heteroatoms. The zero-order valence-corrected chi connectivity index (χ0v) is 13.3. The van der Waals surface area contributed by atoms with Gasteiger partial charge in [-0.25, -0.2) is 4.98 Å². The molecule has 0 saturated carbocycles. The normalized spacial score (nSPS) is 12.0. The molecule has 1 aromatic heterocycles. The number of nitrogens with one attached hydrogen (secondary N) is 1. The molecule has 0 fully saturated rings. The number of nitrogens with two attached hydrogens (primary N) is 1. The van der Waals surface area contributed by atoms with Crippen LogP contribution in [0.4, 0.5) is 11.4 Å². The number of hydrogen-bond donors (Lipinski definition) is 2. The van der Waals surface area contributed by atoms with Crippen LogP contribution in [0.1, 0.15) is 12.5 Å². The molecule has 0 radical (unpaired) electrons. The zero-order valence-electron chi connectivity index (χ0n) is 11.8. The van der Waals surface area contributed by atoms with Crippen LogP contribution in [0.3, 0.4) is 0 Å². The molecule has 0 spiro atoms. The predicted molar refractivity (Wildman–Crippen MR) is 88.8 cm³/mol. The highest BCUT2D eigenvalue weighted by Gasteiger charge is 2.17. The highest BCUT2D eigenvalue weighted by molar-refractivity contribution is 8.00. The van der Waals surface area contributed by atoms with Crippen molar-refractivity contribution in [2.75, 3.05) is 11.1 Å². The average molecular weight is 322 g/mol. The first-order valence-electron chi connectivity index (χ1n) is 6.41. The summed E-state index contributed by atoms with van der Waals surface area (Å²) in [4.78, 5) is 16.4. The Labute approximate surface area is 133 Å². The molecule has 0 bridgehead atoms. The fourth-order valence-electron chi connectivity index (χ4n) is 1.74. The van der Waals surface area contributed by atoms with Crippen LogP contribution < -0.4 is 11.1 Å². The Balaban J connectivity index is 2.04. The highest BCUT2D eigenvalue weighted by Crippen LogP contribution is 2.28. The van der Waals surface area contributed by atoms with Crippen LogP contribution in [0, 0.1) is 6.92 Å². The first-order valence-corrected chi connectivity index (χ1v) is 7.67. The number of rotatable bonds is 4. The second kappa shape index (κ2) is 6.83. The van der Waals surface area contributed by atoms with Gasteiger partial charge in [0.25, 0.3) is 0 Å². The van der Waals surface area contributed by atoms with Crippen molar-refractivity contribution in [1.82, 2.24) is 4.98 Å². The number of nitrogens with zero attached hydrogens (tertiary/aromatic N) is 1. The molecule has 2 aromatic rings. The van der Waals surface area contributed by atoms with Crippen molar-refractivity contribution in [1.29, 1.82) is 0 Å². The maximum atomic E-state index is 12.2. The molecule has 2 rings (SSSR count). The molecule has 1 atom stereocenters. The van der Waals surface area contributed by atoms with E-state index in [1.165, 1.54) is 11.8 Å². The van der Waals surface area contributed by atoms with Gasteiger partial charge in [0, 0.05) is 17.6 Å². The summed E-state index contributed by atoms with van der Waals surface area (Å²) in [5, 5.41) is 3.78. The Hall–Kier alpha value is -1.72. The summed E-state index contributed by atoms with van der Waals surface area (Å²) in [5.41, 5.74) is 8.06. The topological polar surface area (TPSA) is 68.0 Å². The number of carbonyl (C=O) groups is 1. The Morgan fingerprint density at radius 1 is 1.43 bits per heavy atom. The quantitative estimate of drug-likeness (QED) is 0.665. The molecule has 0 aliphatic heterocycles. The van der Waals surface area contributed by atoms with E-state index < -0.39 is 0 Å². The van der Waals surface area contributed by atoms with E-state index >= 15 is 0 Å². The highest BCUT2D eigenvalue weighted by atomic mass is 35.5. The van der Waals surface area contributed by atoms with Crippen molar-refractivity contribution < 1.29 is 4.79 Å². The van der Waals surface area contributed by atoms with Crippen LogP contribution in [0.15, 0.2) is 41.6 Å². The molecule has 0 saturated heterocycles. The van der Waals surface area contributed by atoms with Gasteiger partial charge >= 0.3 is 0 Å². The van der Waals surface area contributed by atoms with Crippen LogP contribution in [0.2, 0.25) is 5.02 Å². The predicted octanol–water partition coefficient (Wildman–Crippen LogP) is 3.74. The average Bonchev–Trinajstić information content (AvgIpc) is 2.44. The number of aromatic nitrogens is 1. The van der Waals surface area contributed by atoms with Crippen LogP contribution in [-0.2, 0) is 4.79 Å². The number of pyridine rings is 1. The summed E-state index contributed by atoms with van der Waals surface area (Å²) in [6.07, 6.45) is 1.66. The van der Waals surface area contributed by atoms with E-state index in [2.05, 4.69) is 10.3 Å². The number of aryl methyl sites for hydroxylation is 1. The lowest BCUT2D eigenvalue weighted by Gasteiger charge is -2.14. The molecule has 0 aliphatic carbocycles. The number of nitrogen functional groups attached to an aromatic ring is 1. The molecule has 1 unspecified atom stereocenters. The van der Waals surface area contributed by atoms with Crippen molar-refractivity contribution in [3.8, 4) is 0 Å². The van der Waals surface area contributed by atoms with Gasteiger partial charge in [-0.05, 0) is 49.7 Å². The Morgan fingerprint density at radius 3 is 2.86 bits per heavy atom. The number of halogens is 1. The van der Waals surface area contributed by atoms with Crippen LogP contribution in [0.5, 0.6) is 0 Å². The Bertz CT molecular complexity index is 663. The van der Waals surface area contributed by atoms with Gasteiger partial charge in [0.2, 0.25) is 5.91 Å². The number of thioether (sulfide) groups is 1. The van der Waals surface area contributed by atoms with Gasteiger partial charge in [0.1, 0.15) is 5.03 Å². The lowest BCUT2D eigenvalue weighted by molar-refractivity contribution is -0.115. The van der Waals surface area contributed by atoms with Crippen molar-refractivity contribution in [2.45, 2.75) is 24.1 Å². The minimum Gasteiger partial charge on any atom is -0.399 e. The van der Waals surface area contributed by atoms with Crippen LogP contribution >= 0.6 is 23.4 Å². The monoisotopic (exact) mass is 321 g/mol. The molecule has 1 amide bonds. The van der Waals surface area contributed by atoms with Gasteiger partial charge in [-0.2, -0.15) is 0 Å². The smallest absolute Gasteiger partial charge is 0.237 e. The van der Waals surface area contributed by atoms with Gasteiger partial charge in [-0.3, -0.25) is 4.79 Å². The number of benzene rings is 1. The molecule has 4 nitrogen and oxygen atoms in total. The first kappa shape index (κ1) is 15.7. The minimum absolute atomic E-state index is 0.102. The minimum atomic E-state index is -0.311. The van der Waals surface area contributed by atoms with Crippen LogP contribution in [0.25, 0.3) is 0 Å². The number of anilines is 2. The standard InChI is InChI=1S/C15H16ClN3OS/c1-9-8-11(17)5-6-13(9)19-14(20)10(2)21-15-12(16)4-3-7-18-15/h3-8,10H,17H2,1-2H3,(H,19,20). The Kier molecular flexibility index (Phi) is 5.09. The summed E-state index contributed by atoms with van der Waals surface area (Å²) >= 11 is 7.37. The number of hydrogen-bond acceptors (Lipinski definition) is 4. The van der Waals surface area contributed by atoms with Crippen molar-refractivity contribution in [2.24, 2.45) is 0 Å². The first-order chi connectivity index (χ1) is 9.97. The van der Waals surface area contributed by atoms with Crippen molar-refractivity contribution in [3.63, 3.8) is 0 Å². The van der Waals surface area contributed by atoms with Gasteiger partial charge in [0.05, 0.1) is 10.3 Å². The number of carbonyl (C=O) groups excluding carboxylic acids is 1. The molecule has 21 heavy (non-hydrogen) atoms. The summed E-state index contributed by atoms with van der Waals surface area (Å²) in [6.45, 7) is 3.72. The zero-order chi connectivity index (χ0) is 15.4. The summed E-state index contributed by atoms with van der Waals surface area (Å²) in [6, 6.07) is 8.90. The molecule has 110 valence electrons. The van der Waals surface area contributed by atoms with E-state index in [1.807, 2.05) is 19.9 Å². The molecule has 0 aliphatic rings. The molecular formula is C15H16ClN3OS. The van der Waals surface area contributed by atoms with Crippen LogP contribution in [-0.4, -0.2) is 16.1 Å². The Morgan fingerprint density at radius 2 is 2.19 bits per heavy atom. The summed E-state index contributed by atoms with van der Waals surface area (Å²) < 4.78 is 0. The maximum Gasteiger partial charge on any atom is 0.237 e. The van der Waals surface area contributed by atoms with E-state index in [0.29, 0.717) is 15.7 Å². The number of amides is 1. The van der Waals surface area contributed by atoms with E-state index in [9.17, 15) is 4.79 Å². The fourth-order valence-corrected chi connectivity index (χ4v) is 2.80. The molecule has 3 N–H and O–H groups in total. The van der Waals surface area contributed by atoms with E-state index in [-0.39, 0.29) is 11.2 Å². The van der Waals surface area contributed by atoms with Gasteiger partial charge in [-0.1, -0.05) is 23.4 Å². The largest absolute Gasteiger partial charge is 0.399 e. The van der Waals surface area contributed by atoms with Gasteiger partial charge < -0.3 is 11.1 Å². The fraction of sp³-hybridized carbons (Fsp3) is 0.200. The van der Waals surface area contributed by atoms with Gasteiger partial charge in [0.15, 0.2) is 0 Å². The maximum absolute atomic E-state index is 12.2. The second-order valence-electron chi connectivity index (χ2n) is 4.61. The third kappa shape index (κ3) is 4.12.